The molecule has 1 aromatic carbocycles. The SMILES string of the molecule is COc1ccc(C[C@H](NC(=O)[C@H](C)NC(=O)Cc2cnc(N)o2)C(=O)N[C@@H](CC2=CCCC2)C(C)=O)cc1. The number of amides is 3. The molecule has 0 radical (unpaired) electrons. The van der Waals surface area contributed by atoms with Crippen molar-refractivity contribution in [2.45, 2.75) is 70.5 Å². The third-order valence-electron chi connectivity index (χ3n) is 6.32. The number of methoxy groups -OCH3 is 1. The van der Waals surface area contributed by atoms with Crippen molar-refractivity contribution in [2.24, 2.45) is 0 Å². The molecule has 1 aromatic heterocycles. The van der Waals surface area contributed by atoms with Crippen LogP contribution in [0.25, 0.3) is 0 Å². The van der Waals surface area contributed by atoms with E-state index in [0.717, 1.165) is 30.4 Å². The zero-order valence-corrected chi connectivity index (χ0v) is 21.9. The van der Waals surface area contributed by atoms with Gasteiger partial charge in [0.1, 0.15) is 23.6 Å². The number of hydrogen-bond donors (Lipinski definition) is 4. The van der Waals surface area contributed by atoms with Gasteiger partial charge in [-0.2, -0.15) is 0 Å². The predicted octanol–water partition coefficient (Wildman–Crippen LogP) is 1.61. The number of carbonyl (C=O) groups excluding carboxylic acids is 4. The van der Waals surface area contributed by atoms with Crippen LogP contribution in [0, 0.1) is 0 Å². The predicted molar refractivity (Wildman–Crippen MR) is 140 cm³/mol. The third kappa shape index (κ3) is 8.46. The molecule has 0 aliphatic heterocycles. The zero-order chi connectivity index (χ0) is 27.7. The topological polar surface area (TPSA) is 166 Å². The Morgan fingerprint density at radius 3 is 2.34 bits per heavy atom. The zero-order valence-electron chi connectivity index (χ0n) is 21.9. The van der Waals surface area contributed by atoms with Gasteiger partial charge >= 0.3 is 0 Å². The molecule has 0 saturated carbocycles. The van der Waals surface area contributed by atoms with Crippen LogP contribution in [0.2, 0.25) is 0 Å². The highest BCUT2D eigenvalue weighted by Gasteiger charge is 2.28. The van der Waals surface area contributed by atoms with Crippen molar-refractivity contribution >= 4 is 29.5 Å². The molecule has 11 nitrogen and oxygen atoms in total. The van der Waals surface area contributed by atoms with E-state index in [1.807, 2.05) is 0 Å². The molecule has 0 saturated heterocycles. The quantitative estimate of drug-likeness (QED) is 0.286. The van der Waals surface area contributed by atoms with E-state index in [0.29, 0.717) is 12.2 Å². The number of nitrogens with one attached hydrogen (secondary N) is 3. The summed E-state index contributed by atoms with van der Waals surface area (Å²) in [6.45, 7) is 2.95. The van der Waals surface area contributed by atoms with E-state index in [4.69, 9.17) is 14.9 Å². The maximum atomic E-state index is 13.3. The fourth-order valence-corrected chi connectivity index (χ4v) is 4.18. The lowest BCUT2D eigenvalue weighted by molar-refractivity contribution is -0.132. The average molecular weight is 526 g/mol. The van der Waals surface area contributed by atoms with Crippen LogP contribution >= 0.6 is 0 Å². The van der Waals surface area contributed by atoms with Gasteiger partial charge in [-0.05, 0) is 57.2 Å². The van der Waals surface area contributed by atoms with Crippen LogP contribution < -0.4 is 26.4 Å². The number of rotatable bonds is 13. The van der Waals surface area contributed by atoms with Gasteiger partial charge in [0.2, 0.25) is 17.7 Å². The first-order valence-corrected chi connectivity index (χ1v) is 12.6. The summed E-state index contributed by atoms with van der Waals surface area (Å²) in [6, 6.07) is 4.45. The minimum atomic E-state index is -0.983. The second-order valence-corrected chi connectivity index (χ2v) is 9.37. The fraction of sp³-hybridized carbons (Fsp3) is 0.444. The van der Waals surface area contributed by atoms with Crippen molar-refractivity contribution in [3.8, 4) is 5.75 Å². The van der Waals surface area contributed by atoms with Gasteiger partial charge in [0, 0.05) is 6.42 Å². The van der Waals surface area contributed by atoms with Crippen molar-refractivity contribution in [1.82, 2.24) is 20.9 Å². The second kappa shape index (κ2) is 13.4. The van der Waals surface area contributed by atoms with Gasteiger partial charge in [0.15, 0.2) is 5.78 Å². The molecule has 0 fully saturated rings. The van der Waals surface area contributed by atoms with Crippen molar-refractivity contribution < 1.29 is 28.3 Å². The highest BCUT2D eigenvalue weighted by atomic mass is 16.5. The van der Waals surface area contributed by atoms with Crippen LogP contribution in [0.15, 0.2) is 46.5 Å². The van der Waals surface area contributed by atoms with Crippen LogP contribution in [0.1, 0.15) is 50.9 Å². The summed E-state index contributed by atoms with van der Waals surface area (Å²) >= 11 is 0. The number of hydrogen-bond acceptors (Lipinski definition) is 8. The highest BCUT2D eigenvalue weighted by Crippen LogP contribution is 2.22. The summed E-state index contributed by atoms with van der Waals surface area (Å²) in [4.78, 5) is 54.7. The molecule has 2 aromatic rings. The number of oxazole rings is 1. The summed E-state index contributed by atoms with van der Waals surface area (Å²) in [7, 11) is 1.56. The maximum absolute atomic E-state index is 13.3. The largest absolute Gasteiger partial charge is 0.497 e. The molecule has 0 unspecified atom stereocenters. The lowest BCUT2D eigenvalue weighted by Gasteiger charge is -2.24. The Morgan fingerprint density at radius 2 is 1.76 bits per heavy atom. The smallest absolute Gasteiger partial charge is 0.292 e. The molecule has 3 amide bonds. The number of anilines is 1. The molecule has 11 heteroatoms. The van der Waals surface area contributed by atoms with Crippen LogP contribution in [0.5, 0.6) is 5.75 Å². The summed E-state index contributed by atoms with van der Waals surface area (Å²) in [5.41, 5.74) is 7.35. The van der Waals surface area contributed by atoms with Gasteiger partial charge in [0.25, 0.3) is 6.01 Å². The van der Waals surface area contributed by atoms with Crippen molar-refractivity contribution in [2.75, 3.05) is 12.8 Å². The molecule has 3 atom stereocenters. The van der Waals surface area contributed by atoms with E-state index >= 15 is 0 Å². The number of benzene rings is 1. The number of ether oxygens (including phenoxy) is 1. The Kier molecular flexibility index (Phi) is 10.0. The van der Waals surface area contributed by atoms with Crippen molar-refractivity contribution in [3.63, 3.8) is 0 Å². The molecule has 0 spiro atoms. The monoisotopic (exact) mass is 525 g/mol. The summed E-state index contributed by atoms with van der Waals surface area (Å²) in [5, 5.41) is 8.12. The Balaban J connectivity index is 1.68. The normalized spacial score (nSPS) is 15.1. The second-order valence-electron chi connectivity index (χ2n) is 9.37. The van der Waals surface area contributed by atoms with E-state index in [1.165, 1.54) is 20.0 Å². The average Bonchev–Trinajstić information content (AvgIpc) is 3.54. The van der Waals surface area contributed by atoms with Crippen LogP contribution in [0.4, 0.5) is 6.01 Å². The molecule has 204 valence electrons. The molecule has 3 rings (SSSR count). The number of aromatic nitrogens is 1. The molecular weight excluding hydrogens is 490 g/mol. The number of Topliss-reactive ketones (excluding diaryl/α,β-unsaturated/α-hetero) is 1. The van der Waals surface area contributed by atoms with Crippen molar-refractivity contribution in [3.05, 3.63) is 53.4 Å². The number of nitrogens with zero attached hydrogens (tertiary/aromatic N) is 1. The molecule has 1 aliphatic rings. The van der Waals surface area contributed by atoms with Gasteiger partial charge in [-0.1, -0.05) is 23.8 Å². The summed E-state index contributed by atoms with van der Waals surface area (Å²) in [5.74, 6) is -0.747. The van der Waals surface area contributed by atoms with Crippen LogP contribution in [-0.2, 0) is 32.0 Å². The van der Waals surface area contributed by atoms with Crippen molar-refractivity contribution in [1.29, 1.82) is 0 Å². The number of nitrogens with two attached hydrogens (primary N) is 1. The van der Waals surface area contributed by atoms with E-state index in [1.54, 1.807) is 31.4 Å². The highest BCUT2D eigenvalue weighted by molar-refractivity contribution is 5.94. The Bertz CT molecular complexity index is 1170. The molecular formula is C27H35N5O6. The van der Waals surface area contributed by atoms with Gasteiger partial charge in [-0.25, -0.2) is 4.98 Å². The summed E-state index contributed by atoms with van der Waals surface area (Å²) < 4.78 is 10.3. The third-order valence-corrected chi connectivity index (χ3v) is 6.32. The standard InChI is InChI=1S/C27H35N5O6/c1-16(30-24(34)14-21-15-29-27(28)38-21)25(35)32-23(13-19-8-10-20(37-3)11-9-19)26(36)31-22(17(2)33)12-18-6-4-5-7-18/h6,8-11,15-16,22-23H,4-5,7,12-14H2,1-3H3,(H2,28,29)(H,30,34)(H,31,36)(H,32,35)/t16-,22-,23-/m0/s1. The van der Waals surface area contributed by atoms with Gasteiger partial charge < -0.3 is 30.8 Å². The Morgan fingerprint density at radius 1 is 1.05 bits per heavy atom. The van der Waals surface area contributed by atoms with E-state index < -0.39 is 35.8 Å². The van der Waals surface area contributed by atoms with Gasteiger partial charge in [0.05, 0.1) is 25.8 Å². The van der Waals surface area contributed by atoms with Crippen LogP contribution in [-0.4, -0.2) is 53.7 Å². The first-order valence-electron chi connectivity index (χ1n) is 12.6. The maximum Gasteiger partial charge on any atom is 0.292 e. The lowest BCUT2D eigenvalue weighted by atomic mass is 10.0. The Labute approximate surface area is 221 Å². The number of allylic oxidation sites excluding steroid dienone is 1. The van der Waals surface area contributed by atoms with Crippen LogP contribution in [0.3, 0.4) is 0 Å². The number of nitrogen functional groups attached to an aromatic ring is 1. The van der Waals surface area contributed by atoms with E-state index in [2.05, 4.69) is 27.0 Å². The minimum absolute atomic E-state index is 0.0564. The molecule has 38 heavy (non-hydrogen) atoms. The first-order chi connectivity index (χ1) is 18.1. The van der Waals surface area contributed by atoms with E-state index in [-0.39, 0.29) is 30.4 Å². The minimum Gasteiger partial charge on any atom is -0.497 e. The first kappa shape index (κ1) is 28.4. The lowest BCUT2D eigenvalue weighted by Crippen LogP contribution is -2.55. The molecule has 5 N–H and O–H groups in total. The molecule has 0 bridgehead atoms. The summed E-state index contributed by atoms with van der Waals surface area (Å²) in [6.07, 6.45) is 6.83. The van der Waals surface area contributed by atoms with Gasteiger partial charge in [-0.3, -0.25) is 19.2 Å². The van der Waals surface area contributed by atoms with Gasteiger partial charge in [-0.15, -0.1) is 0 Å². The fourth-order valence-electron chi connectivity index (χ4n) is 4.18. The molecule has 1 aliphatic carbocycles. The Hall–Kier alpha value is -4.15. The number of carbonyl (C=O) groups is 4. The molecule has 1 heterocycles. The number of ketones is 1. The van der Waals surface area contributed by atoms with E-state index in [9.17, 15) is 19.2 Å².